The molecule has 0 N–H and O–H groups in total. The number of nitrogens with zero attached hydrogens (tertiary/aromatic N) is 1. The van der Waals surface area contributed by atoms with Gasteiger partial charge >= 0.3 is 6.18 Å². The Hall–Kier alpha value is -4.72. The Bertz CT molecular complexity index is 1850. The molecule has 0 aliphatic heterocycles. The molecule has 1 aromatic heterocycles. The molecule has 0 saturated carbocycles. The Kier molecular flexibility index (Phi) is 8.21. The van der Waals surface area contributed by atoms with Crippen molar-refractivity contribution in [2.24, 2.45) is 0 Å². The third kappa shape index (κ3) is 6.30. The van der Waals surface area contributed by atoms with Crippen LogP contribution in [0.3, 0.4) is 0 Å². The van der Waals surface area contributed by atoms with Crippen LogP contribution < -0.4 is 0 Å². The summed E-state index contributed by atoms with van der Waals surface area (Å²) in [5.41, 5.74) is 3.67. The first kappa shape index (κ1) is 30.7. The van der Waals surface area contributed by atoms with E-state index >= 15 is 0 Å². The Balaban J connectivity index is 1.49. The maximum atomic E-state index is 14.3. The van der Waals surface area contributed by atoms with Gasteiger partial charge in [-0.05, 0) is 90.6 Å². The number of carbonyl (C=O) groups is 2. The number of fused-ring (bicyclic) bond motifs is 1. The van der Waals surface area contributed by atoms with Crippen LogP contribution in [0.15, 0.2) is 95.4 Å². The van der Waals surface area contributed by atoms with E-state index in [0.29, 0.717) is 16.3 Å². The largest absolute Gasteiger partial charge is 0.455 e. The second-order valence-electron chi connectivity index (χ2n) is 11.5. The minimum Gasteiger partial charge on any atom is -0.455 e. The minimum atomic E-state index is -4.66. The molecule has 1 heterocycles. The molecule has 0 atom stereocenters. The molecular formula is C36H31F4NO3. The molecule has 0 bridgehead atoms. The lowest BCUT2D eigenvalue weighted by atomic mass is 9.80. The predicted molar refractivity (Wildman–Crippen MR) is 162 cm³/mol. The molecule has 226 valence electrons. The number of hydrogen-bond donors (Lipinski definition) is 0. The highest BCUT2D eigenvalue weighted by atomic mass is 19.4. The molecule has 4 nitrogen and oxygen atoms in total. The second-order valence-corrected chi connectivity index (χ2v) is 11.5. The van der Waals surface area contributed by atoms with E-state index < -0.39 is 29.1 Å². The molecule has 1 amide bonds. The maximum Gasteiger partial charge on any atom is 0.449 e. The van der Waals surface area contributed by atoms with Gasteiger partial charge in [0.15, 0.2) is 0 Å². The number of furan rings is 1. The smallest absolute Gasteiger partial charge is 0.449 e. The van der Waals surface area contributed by atoms with Crippen molar-refractivity contribution in [2.75, 3.05) is 0 Å². The molecule has 0 fully saturated rings. The van der Waals surface area contributed by atoms with Crippen LogP contribution in [-0.4, -0.2) is 16.6 Å². The van der Waals surface area contributed by atoms with E-state index in [9.17, 15) is 27.2 Å². The molecular weight excluding hydrogens is 570 g/mol. The van der Waals surface area contributed by atoms with Crippen LogP contribution in [-0.2, 0) is 29.5 Å². The summed E-state index contributed by atoms with van der Waals surface area (Å²) in [7, 11) is 0. The summed E-state index contributed by atoms with van der Waals surface area (Å²) in [6.45, 7) is 6.89. The fourth-order valence-electron chi connectivity index (χ4n) is 5.16. The summed E-state index contributed by atoms with van der Waals surface area (Å²) in [6, 6.07) is 25.0. The Morgan fingerprint density at radius 3 is 2.18 bits per heavy atom. The van der Waals surface area contributed by atoms with Gasteiger partial charge in [-0.1, -0.05) is 66.7 Å². The van der Waals surface area contributed by atoms with Crippen LogP contribution in [0.5, 0.6) is 0 Å². The van der Waals surface area contributed by atoms with Crippen molar-refractivity contribution < 1.29 is 31.6 Å². The lowest BCUT2D eigenvalue weighted by Gasteiger charge is -2.24. The van der Waals surface area contributed by atoms with Crippen molar-refractivity contribution in [3.63, 3.8) is 0 Å². The number of benzene rings is 4. The van der Waals surface area contributed by atoms with Crippen molar-refractivity contribution in [3.8, 4) is 11.1 Å². The molecule has 4 aromatic carbocycles. The summed E-state index contributed by atoms with van der Waals surface area (Å²) in [5.74, 6) is -2.10. The van der Waals surface area contributed by atoms with Gasteiger partial charge in [0.2, 0.25) is 5.76 Å². The first-order chi connectivity index (χ1) is 20.7. The van der Waals surface area contributed by atoms with Crippen molar-refractivity contribution in [2.45, 2.75) is 52.4 Å². The van der Waals surface area contributed by atoms with Crippen molar-refractivity contribution in [1.82, 2.24) is 4.90 Å². The van der Waals surface area contributed by atoms with E-state index in [1.54, 1.807) is 32.0 Å². The molecule has 44 heavy (non-hydrogen) atoms. The van der Waals surface area contributed by atoms with Crippen molar-refractivity contribution >= 4 is 22.5 Å². The first-order valence-electron chi connectivity index (χ1n) is 14.1. The molecule has 0 unspecified atom stereocenters. The molecule has 0 saturated heterocycles. The Morgan fingerprint density at radius 1 is 0.818 bits per heavy atom. The molecule has 0 radical (unpaired) electrons. The lowest BCUT2D eigenvalue weighted by Crippen LogP contribution is -2.30. The van der Waals surface area contributed by atoms with E-state index in [2.05, 4.69) is 0 Å². The van der Waals surface area contributed by atoms with E-state index in [-0.39, 0.29) is 30.2 Å². The summed E-state index contributed by atoms with van der Waals surface area (Å²) < 4.78 is 59.1. The highest BCUT2D eigenvalue weighted by molar-refractivity contribution is 6.08. The van der Waals surface area contributed by atoms with Crippen LogP contribution in [0.2, 0.25) is 0 Å². The number of carbonyl (C=O) groups excluding carboxylic acids is 2. The van der Waals surface area contributed by atoms with Gasteiger partial charge in [-0.25, -0.2) is 4.39 Å². The van der Waals surface area contributed by atoms with E-state index in [1.165, 1.54) is 23.1 Å². The summed E-state index contributed by atoms with van der Waals surface area (Å²) in [4.78, 5) is 27.7. The van der Waals surface area contributed by atoms with Gasteiger partial charge in [-0.3, -0.25) is 9.59 Å². The number of ketones is 1. The monoisotopic (exact) mass is 601 g/mol. The van der Waals surface area contributed by atoms with Gasteiger partial charge in [0.05, 0.1) is 12.1 Å². The van der Waals surface area contributed by atoms with Crippen molar-refractivity contribution in [3.05, 3.63) is 131 Å². The highest BCUT2D eigenvalue weighted by Crippen LogP contribution is 2.33. The maximum absolute atomic E-state index is 14.3. The Morgan fingerprint density at radius 2 is 1.52 bits per heavy atom. The number of Topliss-reactive ketones (excluding diaryl/α,β-unsaturated/α-hetero) is 1. The Labute approximate surface area is 252 Å². The van der Waals surface area contributed by atoms with E-state index in [1.807, 2.05) is 62.4 Å². The number of alkyl halides is 3. The first-order valence-corrected chi connectivity index (χ1v) is 14.1. The average Bonchev–Trinajstić information content (AvgIpc) is 3.46. The van der Waals surface area contributed by atoms with Gasteiger partial charge in [-0.15, -0.1) is 0 Å². The fraction of sp³-hybridized carbons (Fsp3) is 0.222. The zero-order valence-corrected chi connectivity index (χ0v) is 24.8. The third-order valence-corrected chi connectivity index (χ3v) is 8.11. The topological polar surface area (TPSA) is 50.5 Å². The zero-order valence-electron chi connectivity index (χ0n) is 24.8. The van der Waals surface area contributed by atoms with E-state index in [0.717, 1.165) is 28.3 Å². The van der Waals surface area contributed by atoms with Crippen LogP contribution in [0.1, 0.15) is 59.3 Å². The predicted octanol–water partition coefficient (Wildman–Crippen LogP) is 9.28. The van der Waals surface area contributed by atoms with Crippen LogP contribution in [0, 0.1) is 12.7 Å². The molecule has 0 aliphatic rings. The van der Waals surface area contributed by atoms with Gasteiger partial charge in [0.25, 0.3) is 5.91 Å². The van der Waals surface area contributed by atoms with Gasteiger partial charge in [0.1, 0.15) is 17.4 Å². The number of halogens is 4. The van der Waals surface area contributed by atoms with E-state index in [4.69, 9.17) is 4.42 Å². The summed E-state index contributed by atoms with van der Waals surface area (Å²) in [5, 5.41) is 1.08. The summed E-state index contributed by atoms with van der Waals surface area (Å²) in [6.07, 6.45) is -4.66. The number of aryl methyl sites for hydroxylation is 1. The lowest BCUT2D eigenvalue weighted by molar-refractivity contribution is -0.153. The average molecular weight is 602 g/mol. The minimum absolute atomic E-state index is 0.0312. The molecule has 0 aliphatic carbocycles. The fourth-order valence-corrected chi connectivity index (χ4v) is 5.16. The molecule has 8 heteroatoms. The SMILES string of the molecule is CC(=O)C(C)(C)c1cccc(-c2ccc(CN(Cc3ccc(C(F)(F)F)o3)C(=O)c3c(C)ccc4ccc(F)cc34)cc2)c1. The summed E-state index contributed by atoms with van der Waals surface area (Å²) >= 11 is 0. The third-order valence-electron chi connectivity index (χ3n) is 8.11. The normalized spacial score (nSPS) is 12.0. The quantitative estimate of drug-likeness (QED) is 0.167. The van der Waals surface area contributed by atoms with Gasteiger partial charge < -0.3 is 9.32 Å². The number of amides is 1. The molecule has 5 aromatic rings. The second kappa shape index (κ2) is 11.8. The molecule has 0 spiro atoms. The van der Waals surface area contributed by atoms with Crippen LogP contribution in [0.4, 0.5) is 17.6 Å². The van der Waals surface area contributed by atoms with Crippen molar-refractivity contribution in [1.29, 1.82) is 0 Å². The van der Waals surface area contributed by atoms with Gasteiger partial charge in [0, 0.05) is 12.0 Å². The highest BCUT2D eigenvalue weighted by Gasteiger charge is 2.35. The number of hydrogen-bond acceptors (Lipinski definition) is 3. The number of rotatable bonds is 8. The van der Waals surface area contributed by atoms with Crippen LogP contribution in [0.25, 0.3) is 21.9 Å². The molecule has 5 rings (SSSR count). The standard InChI is InChI=1S/C36H31F4NO3/c1-22-8-11-26-14-15-29(37)19-31(26)33(22)34(43)41(21-30-16-17-32(44-30)36(38,39)40)20-24-9-12-25(13-10-24)27-6-5-7-28(18-27)35(3,4)23(2)42/h5-19H,20-21H2,1-4H3. The van der Waals surface area contributed by atoms with Crippen LogP contribution >= 0.6 is 0 Å². The zero-order chi connectivity index (χ0) is 31.8. The van der Waals surface area contributed by atoms with Gasteiger partial charge in [-0.2, -0.15) is 13.2 Å².